The summed E-state index contributed by atoms with van der Waals surface area (Å²) in [7, 11) is 3.30. The van der Waals surface area contributed by atoms with Crippen molar-refractivity contribution in [3.8, 4) is 22.1 Å². The van der Waals surface area contributed by atoms with E-state index in [2.05, 4.69) is 10.3 Å². The number of piperidine rings is 1. The average molecular weight is 423 g/mol. The molecule has 4 rings (SSSR count). The van der Waals surface area contributed by atoms with Crippen molar-refractivity contribution < 1.29 is 14.3 Å². The summed E-state index contributed by atoms with van der Waals surface area (Å²) < 4.78 is 10.4. The van der Waals surface area contributed by atoms with Gasteiger partial charge in [-0.05, 0) is 74.5 Å². The minimum absolute atomic E-state index is 0.0972. The fraction of sp³-hybridized carbons (Fsp3) is 0.333. The Morgan fingerprint density at radius 3 is 2.20 bits per heavy atom. The minimum atomic E-state index is 0.0972. The van der Waals surface area contributed by atoms with E-state index in [1.807, 2.05) is 48.5 Å². The van der Waals surface area contributed by atoms with Crippen LogP contribution in [0.4, 0.5) is 0 Å². The Bertz CT molecular complexity index is 974. The van der Waals surface area contributed by atoms with Gasteiger partial charge in [0.2, 0.25) is 0 Å². The van der Waals surface area contributed by atoms with Crippen molar-refractivity contribution in [3.63, 3.8) is 0 Å². The standard InChI is InChI=1S/C24H26N2O3S/c1-28-21-7-3-17(4-8-21)23(27)18-11-13-26(14-12-18)15-20-16-30-24(25-20)19-5-9-22(29-2)10-6-19/h3-10,16,18H,11-15H2,1-2H3. The molecule has 6 heteroatoms. The van der Waals surface area contributed by atoms with Crippen molar-refractivity contribution in [2.75, 3.05) is 27.3 Å². The normalized spacial score (nSPS) is 15.1. The predicted octanol–water partition coefficient (Wildman–Crippen LogP) is 4.92. The lowest BCUT2D eigenvalue weighted by molar-refractivity contribution is 0.0834. The first kappa shape index (κ1) is 20.6. The summed E-state index contributed by atoms with van der Waals surface area (Å²) in [6.45, 7) is 2.67. The molecule has 2 heterocycles. The number of methoxy groups -OCH3 is 2. The lowest BCUT2D eigenvalue weighted by Gasteiger charge is -2.30. The SMILES string of the molecule is COc1ccc(C(=O)C2CCN(Cc3csc(-c4ccc(OC)cc4)n3)CC2)cc1. The van der Waals surface area contributed by atoms with Crippen molar-refractivity contribution in [1.82, 2.24) is 9.88 Å². The maximum atomic E-state index is 12.8. The number of Topliss-reactive ketones (excluding diaryl/α,β-unsaturated/α-hetero) is 1. The number of benzene rings is 2. The van der Waals surface area contributed by atoms with Crippen LogP contribution in [0.5, 0.6) is 11.5 Å². The molecule has 1 aromatic heterocycles. The fourth-order valence-corrected chi connectivity index (χ4v) is 4.64. The van der Waals surface area contributed by atoms with E-state index in [4.69, 9.17) is 14.5 Å². The number of aromatic nitrogens is 1. The van der Waals surface area contributed by atoms with E-state index >= 15 is 0 Å². The number of hydrogen-bond donors (Lipinski definition) is 0. The van der Waals surface area contributed by atoms with Crippen LogP contribution in [0.1, 0.15) is 28.9 Å². The summed E-state index contributed by atoms with van der Waals surface area (Å²) in [6.07, 6.45) is 1.78. The molecule has 0 amide bonds. The number of rotatable bonds is 7. The molecule has 2 aromatic carbocycles. The maximum absolute atomic E-state index is 12.8. The second-order valence-electron chi connectivity index (χ2n) is 7.52. The summed E-state index contributed by atoms with van der Waals surface area (Å²) in [6, 6.07) is 15.4. The van der Waals surface area contributed by atoms with Crippen molar-refractivity contribution in [1.29, 1.82) is 0 Å². The van der Waals surface area contributed by atoms with Gasteiger partial charge in [0.05, 0.1) is 19.9 Å². The van der Waals surface area contributed by atoms with Gasteiger partial charge in [-0.1, -0.05) is 0 Å². The number of carbonyl (C=O) groups is 1. The Morgan fingerprint density at radius 2 is 1.60 bits per heavy atom. The van der Waals surface area contributed by atoms with Gasteiger partial charge < -0.3 is 9.47 Å². The number of thiazole rings is 1. The third-order valence-corrected chi connectivity index (χ3v) is 6.55. The van der Waals surface area contributed by atoms with Crippen LogP contribution in [0.15, 0.2) is 53.9 Å². The van der Waals surface area contributed by atoms with Crippen molar-refractivity contribution >= 4 is 17.1 Å². The lowest BCUT2D eigenvalue weighted by Crippen LogP contribution is -2.36. The first-order chi connectivity index (χ1) is 14.7. The zero-order valence-electron chi connectivity index (χ0n) is 17.3. The smallest absolute Gasteiger partial charge is 0.166 e. The minimum Gasteiger partial charge on any atom is -0.497 e. The van der Waals surface area contributed by atoms with Gasteiger partial charge in [-0.25, -0.2) is 4.98 Å². The molecule has 0 bridgehead atoms. The monoisotopic (exact) mass is 422 g/mol. The molecular weight excluding hydrogens is 396 g/mol. The Morgan fingerprint density at radius 1 is 1.00 bits per heavy atom. The van der Waals surface area contributed by atoms with Crippen LogP contribution < -0.4 is 9.47 Å². The average Bonchev–Trinajstić information content (AvgIpc) is 3.27. The molecule has 0 saturated carbocycles. The molecule has 0 spiro atoms. The molecule has 0 N–H and O–H groups in total. The van der Waals surface area contributed by atoms with Crippen molar-refractivity contribution in [3.05, 3.63) is 65.2 Å². The van der Waals surface area contributed by atoms with Crippen LogP contribution >= 0.6 is 11.3 Å². The second kappa shape index (κ2) is 9.41. The van der Waals surface area contributed by atoms with Gasteiger partial charge in [-0.15, -0.1) is 11.3 Å². The Kier molecular flexibility index (Phi) is 6.45. The van der Waals surface area contributed by atoms with Gasteiger partial charge in [0.15, 0.2) is 5.78 Å². The first-order valence-electron chi connectivity index (χ1n) is 10.2. The van der Waals surface area contributed by atoms with Crippen LogP contribution in [0.3, 0.4) is 0 Å². The molecule has 30 heavy (non-hydrogen) atoms. The van der Waals surface area contributed by atoms with E-state index < -0.39 is 0 Å². The van der Waals surface area contributed by atoms with Gasteiger partial charge >= 0.3 is 0 Å². The fourth-order valence-electron chi connectivity index (χ4n) is 3.82. The van der Waals surface area contributed by atoms with E-state index in [1.54, 1.807) is 25.6 Å². The predicted molar refractivity (Wildman–Crippen MR) is 119 cm³/mol. The van der Waals surface area contributed by atoms with Gasteiger partial charge in [0, 0.05) is 29.0 Å². The molecule has 0 atom stereocenters. The summed E-state index contributed by atoms with van der Waals surface area (Å²) in [4.78, 5) is 20.0. The van der Waals surface area contributed by atoms with Crippen LogP contribution in [0.2, 0.25) is 0 Å². The highest BCUT2D eigenvalue weighted by Gasteiger charge is 2.26. The van der Waals surface area contributed by atoms with E-state index in [0.29, 0.717) is 0 Å². The Balaban J connectivity index is 1.31. The van der Waals surface area contributed by atoms with Gasteiger partial charge in [0.25, 0.3) is 0 Å². The van der Waals surface area contributed by atoms with Crippen LogP contribution in [-0.4, -0.2) is 43.0 Å². The van der Waals surface area contributed by atoms with Crippen molar-refractivity contribution in [2.45, 2.75) is 19.4 Å². The number of ether oxygens (including phenoxy) is 2. The molecule has 1 saturated heterocycles. The van der Waals surface area contributed by atoms with Crippen LogP contribution in [0, 0.1) is 5.92 Å². The first-order valence-corrected chi connectivity index (χ1v) is 11.0. The second-order valence-corrected chi connectivity index (χ2v) is 8.37. The molecule has 0 radical (unpaired) electrons. The highest BCUT2D eigenvalue weighted by molar-refractivity contribution is 7.13. The summed E-state index contributed by atoms with van der Waals surface area (Å²) in [5.74, 6) is 1.97. The molecule has 5 nitrogen and oxygen atoms in total. The largest absolute Gasteiger partial charge is 0.497 e. The molecule has 0 aliphatic carbocycles. The van der Waals surface area contributed by atoms with Crippen LogP contribution in [-0.2, 0) is 6.54 Å². The molecule has 0 unspecified atom stereocenters. The number of carbonyl (C=O) groups excluding carboxylic acids is 1. The van der Waals surface area contributed by atoms with E-state index in [-0.39, 0.29) is 11.7 Å². The molecule has 1 aliphatic rings. The van der Waals surface area contributed by atoms with E-state index in [9.17, 15) is 4.79 Å². The quantitative estimate of drug-likeness (QED) is 0.506. The van der Waals surface area contributed by atoms with Crippen LogP contribution in [0.25, 0.3) is 10.6 Å². The van der Waals surface area contributed by atoms with E-state index in [1.165, 1.54) is 0 Å². The Labute approximate surface area is 181 Å². The summed E-state index contributed by atoms with van der Waals surface area (Å²) in [5, 5.41) is 3.16. The highest BCUT2D eigenvalue weighted by atomic mass is 32.1. The third-order valence-electron chi connectivity index (χ3n) is 5.61. The summed E-state index contributed by atoms with van der Waals surface area (Å²) in [5.41, 5.74) is 2.97. The molecule has 156 valence electrons. The van der Waals surface area contributed by atoms with Gasteiger partial charge in [-0.3, -0.25) is 9.69 Å². The topological polar surface area (TPSA) is 51.7 Å². The molecule has 1 aliphatic heterocycles. The zero-order valence-corrected chi connectivity index (χ0v) is 18.2. The van der Waals surface area contributed by atoms with Crippen molar-refractivity contribution in [2.24, 2.45) is 5.92 Å². The summed E-state index contributed by atoms with van der Waals surface area (Å²) >= 11 is 1.67. The molecular formula is C24H26N2O3S. The lowest BCUT2D eigenvalue weighted by atomic mass is 9.89. The zero-order chi connectivity index (χ0) is 20.9. The van der Waals surface area contributed by atoms with Gasteiger partial charge in [0.1, 0.15) is 16.5 Å². The van der Waals surface area contributed by atoms with Gasteiger partial charge in [-0.2, -0.15) is 0 Å². The number of nitrogens with zero attached hydrogens (tertiary/aromatic N) is 2. The van der Waals surface area contributed by atoms with E-state index in [0.717, 1.165) is 65.8 Å². The number of hydrogen-bond acceptors (Lipinski definition) is 6. The highest BCUT2D eigenvalue weighted by Crippen LogP contribution is 2.28. The number of likely N-dealkylation sites (tertiary alicyclic amines) is 1. The molecule has 3 aromatic rings. The maximum Gasteiger partial charge on any atom is 0.166 e. The third kappa shape index (κ3) is 4.71. The number of ketones is 1. The molecule has 1 fully saturated rings. The Hall–Kier alpha value is -2.70.